The van der Waals surface area contributed by atoms with Gasteiger partial charge in [0.05, 0.1) is 23.7 Å². The minimum Gasteiger partial charge on any atom is -0.465 e. The Morgan fingerprint density at radius 3 is 2.63 bits per heavy atom. The lowest BCUT2D eigenvalue weighted by Crippen LogP contribution is -2.51. The van der Waals surface area contributed by atoms with Crippen molar-refractivity contribution in [2.45, 2.75) is 53.0 Å². The van der Waals surface area contributed by atoms with E-state index in [0.29, 0.717) is 12.5 Å². The van der Waals surface area contributed by atoms with Crippen LogP contribution >= 0.6 is 0 Å². The SMILES string of the molecule is CCCCCN1C(=O)C(C(=O)OCC)C(C(C)C)n2c1nc1ccccc12. The number of amides is 1. The highest BCUT2D eigenvalue weighted by atomic mass is 16.5. The number of ether oxygens (including phenoxy) is 1. The van der Waals surface area contributed by atoms with Crippen molar-refractivity contribution in [3.8, 4) is 0 Å². The molecule has 0 saturated heterocycles. The number of hydrogen-bond donors (Lipinski definition) is 0. The Morgan fingerprint density at radius 1 is 1.22 bits per heavy atom. The van der Waals surface area contributed by atoms with E-state index in [2.05, 4.69) is 11.5 Å². The highest BCUT2D eigenvalue weighted by Crippen LogP contribution is 2.41. The van der Waals surface area contributed by atoms with E-state index in [1.165, 1.54) is 0 Å². The van der Waals surface area contributed by atoms with Crippen molar-refractivity contribution >= 4 is 28.9 Å². The Hall–Kier alpha value is -2.37. The van der Waals surface area contributed by atoms with Gasteiger partial charge in [-0.25, -0.2) is 4.98 Å². The van der Waals surface area contributed by atoms with Crippen LogP contribution in [0.25, 0.3) is 11.0 Å². The van der Waals surface area contributed by atoms with Gasteiger partial charge >= 0.3 is 5.97 Å². The van der Waals surface area contributed by atoms with Gasteiger partial charge in [0.2, 0.25) is 11.9 Å². The Morgan fingerprint density at radius 2 is 1.96 bits per heavy atom. The van der Waals surface area contributed by atoms with Crippen LogP contribution in [-0.4, -0.2) is 34.6 Å². The second-order valence-corrected chi connectivity index (χ2v) is 7.43. The molecule has 0 aliphatic carbocycles. The molecule has 0 saturated carbocycles. The van der Waals surface area contributed by atoms with Crippen molar-refractivity contribution in [1.82, 2.24) is 9.55 Å². The summed E-state index contributed by atoms with van der Waals surface area (Å²) in [6, 6.07) is 7.56. The fourth-order valence-electron chi connectivity index (χ4n) is 3.96. The van der Waals surface area contributed by atoms with E-state index >= 15 is 0 Å². The smallest absolute Gasteiger partial charge is 0.320 e. The first kappa shape index (κ1) is 19.4. The molecule has 0 radical (unpaired) electrons. The van der Waals surface area contributed by atoms with E-state index in [1.54, 1.807) is 11.8 Å². The number of fused-ring (bicyclic) bond motifs is 3. The molecular formula is C21H29N3O3. The second-order valence-electron chi connectivity index (χ2n) is 7.43. The molecular weight excluding hydrogens is 342 g/mol. The zero-order chi connectivity index (χ0) is 19.6. The van der Waals surface area contributed by atoms with E-state index in [-0.39, 0.29) is 24.5 Å². The zero-order valence-electron chi connectivity index (χ0n) is 16.6. The summed E-state index contributed by atoms with van der Waals surface area (Å²) in [7, 11) is 0. The van der Waals surface area contributed by atoms with Crippen LogP contribution in [0.3, 0.4) is 0 Å². The molecule has 27 heavy (non-hydrogen) atoms. The Balaban J connectivity index is 2.16. The third-order valence-electron chi connectivity index (χ3n) is 5.20. The molecule has 0 bridgehead atoms. The maximum Gasteiger partial charge on any atom is 0.320 e. The van der Waals surface area contributed by atoms with Crippen LogP contribution in [0.5, 0.6) is 0 Å². The summed E-state index contributed by atoms with van der Waals surface area (Å²) in [5.41, 5.74) is 1.80. The highest BCUT2D eigenvalue weighted by molar-refractivity contribution is 6.08. The molecule has 1 aliphatic rings. The number of aromatic nitrogens is 2. The number of carbonyl (C=O) groups is 2. The van der Waals surface area contributed by atoms with E-state index in [0.717, 1.165) is 30.3 Å². The largest absolute Gasteiger partial charge is 0.465 e. The molecule has 3 rings (SSSR count). The first-order valence-corrected chi connectivity index (χ1v) is 9.96. The zero-order valence-corrected chi connectivity index (χ0v) is 16.6. The van der Waals surface area contributed by atoms with Gasteiger partial charge in [-0.05, 0) is 31.4 Å². The average molecular weight is 371 g/mol. The third kappa shape index (κ3) is 3.45. The van der Waals surface area contributed by atoms with Crippen molar-refractivity contribution in [1.29, 1.82) is 0 Å². The Kier molecular flexibility index (Phi) is 5.82. The molecule has 2 atom stereocenters. The van der Waals surface area contributed by atoms with Gasteiger partial charge in [0.25, 0.3) is 0 Å². The molecule has 6 heteroatoms. The fraction of sp³-hybridized carbons (Fsp3) is 0.571. The number of rotatable bonds is 7. The number of unbranched alkanes of at least 4 members (excludes halogenated alkanes) is 2. The summed E-state index contributed by atoms with van der Waals surface area (Å²) >= 11 is 0. The maximum absolute atomic E-state index is 13.4. The van der Waals surface area contributed by atoms with Gasteiger partial charge in [0, 0.05) is 6.54 Å². The number of hydrogen-bond acceptors (Lipinski definition) is 4. The lowest BCUT2D eigenvalue weighted by Gasteiger charge is -2.39. The normalized spacial score (nSPS) is 19.6. The minimum atomic E-state index is -0.836. The van der Waals surface area contributed by atoms with Gasteiger partial charge in [-0.1, -0.05) is 45.7 Å². The molecule has 6 nitrogen and oxygen atoms in total. The quantitative estimate of drug-likeness (QED) is 0.420. The second kappa shape index (κ2) is 8.11. The number of nitrogens with zero attached hydrogens (tertiary/aromatic N) is 3. The summed E-state index contributed by atoms with van der Waals surface area (Å²) in [5.74, 6) is -0.734. The third-order valence-corrected chi connectivity index (χ3v) is 5.20. The van der Waals surface area contributed by atoms with Gasteiger partial charge < -0.3 is 9.30 Å². The fourth-order valence-corrected chi connectivity index (χ4v) is 3.96. The van der Waals surface area contributed by atoms with E-state index in [1.807, 2.05) is 38.1 Å². The standard InChI is InChI=1S/C21H29N3O3/c1-5-7-10-13-23-19(25)17(20(26)27-6-2)18(14(3)4)24-16-12-9-8-11-15(16)22-21(23)24/h8-9,11-12,14,17-18H,5-7,10,13H2,1-4H3. The van der Waals surface area contributed by atoms with Gasteiger partial charge in [-0.3, -0.25) is 14.5 Å². The molecule has 0 fully saturated rings. The van der Waals surface area contributed by atoms with Crippen LogP contribution in [0.2, 0.25) is 0 Å². The monoisotopic (exact) mass is 371 g/mol. The predicted molar refractivity (Wildman–Crippen MR) is 106 cm³/mol. The molecule has 2 unspecified atom stereocenters. The average Bonchev–Trinajstić information content (AvgIpc) is 3.01. The van der Waals surface area contributed by atoms with Gasteiger partial charge in [-0.15, -0.1) is 0 Å². The minimum absolute atomic E-state index is 0.0810. The van der Waals surface area contributed by atoms with Crippen molar-refractivity contribution < 1.29 is 14.3 Å². The van der Waals surface area contributed by atoms with E-state index in [9.17, 15) is 9.59 Å². The molecule has 146 valence electrons. The van der Waals surface area contributed by atoms with Crippen LogP contribution in [0.1, 0.15) is 53.0 Å². The van der Waals surface area contributed by atoms with Crippen LogP contribution in [0, 0.1) is 11.8 Å². The Bertz CT molecular complexity index is 827. The summed E-state index contributed by atoms with van der Waals surface area (Å²) in [4.78, 5) is 32.6. The van der Waals surface area contributed by atoms with Crippen molar-refractivity contribution in [3.63, 3.8) is 0 Å². The van der Waals surface area contributed by atoms with Gasteiger partial charge in [0.1, 0.15) is 0 Å². The number of esters is 1. The molecule has 1 aromatic heterocycles. The summed E-state index contributed by atoms with van der Waals surface area (Å²) in [5, 5.41) is 0. The molecule has 0 N–H and O–H groups in total. The van der Waals surface area contributed by atoms with Crippen LogP contribution in [0.4, 0.5) is 5.95 Å². The number of carbonyl (C=O) groups excluding carboxylic acids is 2. The van der Waals surface area contributed by atoms with E-state index in [4.69, 9.17) is 9.72 Å². The van der Waals surface area contributed by atoms with Crippen LogP contribution < -0.4 is 4.90 Å². The number of benzene rings is 1. The summed E-state index contributed by atoms with van der Waals surface area (Å²) in [6.07, 6.45) is 2.98. The van der Waals surface area contributed by atoms with Gasteiger partial charge in [0.15, 0.2) is 5.92 Å². The number of anilines is 1. The molecule has 1 amide bonds. The molecule has 2 aromatic rings. The molecule has 1 aromatic carbocycles. The predicted octanol–water partition coefficient (Wildman–Crippen LogP) is 3.95. The Labute approximate surface area is 160 Å². The number of imidazole rings is 1. The van der Waals surface area contributed by atoms with Gasteiger partial charge in [-0.2, -0.15) is 0 Å². The topological polar surface area (TPSA) is 64.4 Å². The lowest BCUT2D eigenvalue weighted by molar-refractivity contribution is -0.154. The van der Waals surface area contributed by atoms with Crippen LogP contribution in [0.15, 0.2) is 24.3 Å². The highest BCUT2D eigenvalue weighted by Gasteiger charge is 2.47. The molecule has 1 aliphatic heterocycles. The molecule has 0 spiro atoms. The van der Waals surface area contributed by atoms with E-state index < -0.39 is 11.9 Å². The maximum atomic E-state index is 13.4. The molecule has 2 heterocycles. The van der Waals surface area contributed by atoms with Crippen molar-refractivity contribution in [2.75, 3.05) is 18.1 Å². The first-order chi connectivity index (χ1) is 13.0. The first-order valence-electron chi connectivity index (χ1n) is 9.96. The summed E-state index contributed by atoms with van der Waals surface area (Å²) in [6.45, 7) is 8.80. The van der Waals surface area contributed by atoms with Crippen molar-refractivity contribution in [3.05, 3.63) is 24.3 Å². The summed E-state index contributed by atoms with van der Waals surface area (Å²) < 4.78 is 7.37. The van der Waals surface area contributed by atoms with Crippen LogP contribution in [-0.2, 0) is 14.3 Å². The lowest BCUT2D eigenvalue weighted by atomic mass is 9.87. The number of para-hydroxylation sites is 2. The van der Waals surface area contributed by atoms with Crippen molar-refractivity contribution in [2.24, 2.45) is 11.8 Å².